The highest BCUT2D eigenvalue weighted by Gasteiger charge is 2.21. The minimum Gasteiger partial charge on any atom is -0.467 e. The van der Waals surface area contributed by atoms with Crippen molar-refractivity contribution >= 4 is 27.5 Å². The third-order valence-corrected chi connectivity index (χ3v) is 5.35. The Kier molecular flexibility index (Phi) is 4.40. The highest BCUT2D eigenvalue weighted by Crippen LogP contribution is 2.27. The molecule has 0 spiro atoms. The van der Waals surface area contributed by atoms with Gasteiger partial charge in [-0.15, -0.1) is 11.3 Å². The van der Waals surface area contributed by atoms with Crippen LogP contribution in [0.1, 0.15) is 35.5 Å². The molecular formula is C18H20N2O3S. The summed E-state index contributed by atoms with van der Waals surface area (Å²) in [6, 6.07) is 7.70. The molecule has 1 atom stereocenters. The molecule has 3 aromatic rings. The highest BCUT2D eigenvalue weighted by atomic mass is 32.1. The van der Waals surface area contributed by atoms with Crippen LogP contribution in [0.4, 0.5) is 0 Å². The lowest BCUT2D eigenvalue weighted by atomic mass is 10.1. The summed E-state index contributed by atoms with van der Waals surface area (Å²) in [6.07, 6.45) is 5.18. The zero-order valence-electron chi connectivity index (χ0n) is 13.4. The molecule has 1 N–H and O–H groups in total. The van der Waals surface area contributed by atoms with Crippen LogP contribution in [0.3, 0.4) is 0 Å². The number of aromatic nitrogens is 1. The molecule has 1 saturated heterocycles. The van der Waals surface area contributed by atoms with E-state index in [9.17, 15) is 4.79 Å². The van der Waals surface area contributed by atoms with Crippen molar-refractivity contribution in [1.29, 1.82) is 0 Å². The fourth-order valence-electron chi connectivity index (χ4n) is 3.17. The van der Waals surface area contributed by atoms with Crippen LogP contribution in [0.2, 0.25) is 0 Å². The molecule has 4 rings (SSSR count). The molecule has 1 amide bonds. The fraction of sp³-hybridized carbons (Fsp3) is 0.389. The highest BCUT2D eigenvalue weighted by molar-refractivity contribution is 7.16. The van der Waals surface area contributed by atoms with E-state index in [-0.39, 0.29) is 12.0 Å². The molecule has 0 bridgehead atoms. The molecule has 5 nitrogen and oxygen atoms in total. The van der Waals surface area contributed by atoms with Gasteiger partial charge in [0.2, 0.25) is 0 Å². The molecule has 0 aromatic carbocycles. The first-order valence-electron chi connectivity index (χ1n) is 8.30. The largest absolute Gasteiger partial charge is 0.467 e. The summed E-state index contributed by atoms with van der Waals surface area (Å²) < 4.78 is 13.2. The number of carbonyl (C=O) groups is 1. The Morgan fingerprint density at radius 2 is 2.33 bits per heavy atom. The van der Waals surface area contributed by atoms with Crippen molar-refractivity contribution in [1.82, 2.24) is 9.88 Å². The van der Waals surface area contributed by atoms with Crippen LogP contribution in [0.15, 0.2) is 40.3 Å². The number of hydrogen-bond donors (Lipinski definition) is 1. The maximum absolute atomic E-state index is 12.7. The standard InChI is InChI=1S/C18H20N2O3S/c21-17(19-11-14-5-3-8-22-14)16-10-13-6-9-24-18(13)20(16)12-15-4-1-2-7-23-15/h3,5-6,8-10,15H,1-2,4,7,11-12H2,(H,19,21). The van der Waals surface area contributed by atoms with Gasteiger partial charge in [0.05, 0.1) is 25.5 Å². The Morgan fingerprint density at radius 1 is 1.38 bits per heavy atom. The van der Waals surface area contributed by atoms with Gasteiger partial charge in [0.25, 0.3) is 5.91 Å². The van der Waals surface area contributed by atoms with E-state index in [1.54, 1.807) is 17.6 Å². The SMILES string of the molecule is O=C(NCc1ccco1)c1cc2ccsc2n1CC1CCCCO1. The number of hydrogen-bond acceptors (Lipinski definition) is 4. The van der Waals surface area contributed by atoms with E-state index in [0.717, 1.165) is 42.0 Å². The summed E-state index contributed by atoms with van der Waals surface area (Å²) in [5.41, 5.74) is 0.692. The van der Waals surface area contributed by atoms with Crippen molar-refractivity contribution in [3.05, 3.63) is 47.4 Å². The van der Waals surface area contributed by atoms with E-state index in [2.05, 4.69) is 21.3 Å². The molecule has 3 aromatic heterocycles. The maximum atomic E-state index is 12.7. The third kappa shape index (κ3) is 3.12. The zero-order valence-corrected chi connectivity index (χ0v) is 14.2. The summed E-state index contributed by atoms with van der Waals surface area (Å²) in [5, 5.41) is 6.11. The van der Waals surface area contributed by atoms with Crippen LogP contribution in [0, 0.1) is 0 Å². The van der Waals surface area contributed by atoms with Crippen molar-refractivity contribution in [2.75, 3.05) is 6.61 Å². The quantitative estimate of drug-likeness (QED) is 0.766. The summed E-state index contributed by atoms with van der Waals surface area (Å²) in [7, 11) is 0. The molecule has 0 saturated carbocycles. The summed E-state index contributed by atoms with van der Waals surface area (Å²) in [5.74, 6) is 0.671. The van der Waals surface area contributed by atoms with Crippen molar-refractivity contribution in [3.8, 4) is 0 Å². The first-order valence-corrected chi connectivity index (χ1v) is 9.18. The van der Waals surface area contributed by atoms with E-state index in [4.69, 9.17) is 9.15 Å². The van der Waals surface area contributed by atoms with Crippen molar-refractivity contribution < 1.29 is 13.9 Å². The molecule has 0 radical (unpaired) electrons. The Balaban J connectivity index is 1.55. The van der Waals surface area contributed by atoms with Gasteiger partial charge in [0, 0.05) is 12.0 Å². The van der Waals surface area contributed by atoms with Crippen LogP contribution >= 0.6 is 11.3 Å². The lowest BCUT2D eigenvalue weighted by Gasteiger charge is -2.24. The Bertz CT molecular complexity index is 813. The monoisotopic (exact) mass is 344 g/mol. The number of nitrogens with zero attached hydrogens (tertiary/aromatic N) is 1. The lowest BCUT2D eigenvalue weighted by molar-refractivity contribution is 0.00644. The molecule has 1 aliphatic heterocycles. The van der Waals surface area contributed by atoms with Crippen molar-refractivity contribution in [2.24, 2.45) is 0 Å². The van der Waals surface area contributed by atoms with Gasteiger partial charge in [-0.05, 0) is 48.9 Å². The van der Waals surface area contributed by atoms with E-state index < -0.39 is 0 Å². The summed E-state index contributed by atoms with van der Waals surface area (Å²) in [6.45, 7) is 1.94. The average molecular weight is 344 g/mol. The van der Waals surface area contributed by atoms with E-state index in [1.165, 1.54) is 6.42 Å². The van der Waals surface area contributed by atoms with Crippen LogP contribution in [0.5, 0.6) is 0 Å². The first-order chi connectivity index (χ1) is 11.8. The topological polar surface area (TPSA) is 56.4 Å². The van der Waals surface area contributed by atoms with Gasteiger partial charge in [-0.3, -0.25) is 4.79 Å². The minimum absolute atomic E-state index is 0.0781. The molecule has 1 fully saturated rings. The van der Waals surface area contributed by atoms with Gasteiger partial charge in [0.1, 0.15) is 16.3 Å². The Morgan fingerprint density at radius 3 is 3.12 bits per heavy atom. The normalized spacial score (nSPS) is 18.1. The number of thiophene rings is 1. The number of carbonyl (C=O) groups excluding carboxylic acids is 1. The molecular weight excluding hydrogens is 324 g/mol. The molecule has 1 unspecified atom stereocenters. The lowest BCUT2D eigenvalue weighted by Crippen LogP contribution is -2.29. The first kappa shape index (κ1) is 15.5. The van der Waals surface area contributed by atoms with Crippen molar-refractivity contribution in [2.45, 2.75) is 38.5 Å². The zero-order chi connectivity index (χ0) is 16.4. The smallest absolute Gasteiger partial charge is 0.268 e. The second-order valence-electron chi connectivity index (χ2n) is 6.07. The predicted molar refractivity (Wildman–Crippen MR) is 93.3 cm³/mol. The van der Waals surface area contributed by atoms with Gasteiger partial charge < -0.3 is 19.0 Å². The van der Waals surface area contributed by atoms with Crippen molar-refractivity contribution in [3.63, 3.8) is 0 Å². The summed E-state index contributed by atoms with van der Waals surface area (Å²) >= 11 is 1.67. The van der Waals surface area contributed by atoms with E-state index in [0.29, 0.717) is 12.2 Å². The summed E-state index contributed by atoms with van der Waals surface area (Å²) in [4.78, 5) is 13.8. The number of fused-ring (bicyclic) bond motifs is 1. The molecule has 1 aliphatic rings. The van der Waals surface area contributed by atoms with Gasteiger partial charge in [-0.2, -0.15) is 0 Å². The molecule has 6 heteroatoms. The number of ether oxygens (including phenoxy) is 1. The predicted octanol–water partition coefficient (Wildman–Crippen LogP) is 3.79. The van der Waals surface area contributed by atoms with Gasteiger partial charge in [-0.1, -0.05) is 0 Å². The number of furan rings is 1. The Hall–Kier alpha value is -2.05. The number of amides is 1. The fourth-order valence-corrected chi connectivity index (χ4v) is 4.08. The maximum Gasteiger partial charge on any atom is 0.268 e. The Labute approximate surface area is 144 Å². The van der Waals surface area contributed by atoms with Gasteiger partial charge in [0.15, 0.2) is 0 Å². The minimum atomic E-state index is -0.0781. The van der Waals surface area contributed by atoms with E-state index in [1.807, 2.05) is 18.2 Å². The van der Waals surface area contributed by atoms with Crippen LogP contribution in [-0.2, 0) is 17.8 Å². The third-order valence-electron chi connectivity index (χ3n) is 4.40. The second-order valence-corrected chi connectivity index (χ2v) is 6.97. The van der Waals surface area contributed by atoms with Gasteiger partial charge >= 0.3 is 0 Å². The molecule has 126 valence electrons. The average Bonchev–Trinajstić information content (AvgIpc) is 3.32. The van der Waals surface area contributed by atoms with Crippen LogP contribution < -0.4 is 5.32 Å². The van der Waals surface area contributed by atoms with Crippen LogP contribution in [0.25, 0.3) is 10.2 Å². The van der Waals surface area contributed by atoms with Crippen LogP contribution in [-0.4, -0.2) is 23.2 Å². The number of rotatable bonds is 5. The molecule has 0 aliphatic carbocycles. The van der Waals surface area contributed by atoms with Gasteiger partial charge in [-0.25, -0.2) is 0 Å². The van der Waals surface area contributed by atoms with E-state index >= 15 is 0 Å². The number of nitrogens with one attached hydrogen (secondary N) is 1. The molecule has 24 heavy (non-hydrogen) atoms. The molecule has 4 heterocycles. The second kappa shape index (κ2) is 6.83.